The van der Waals surface area contributed by atoms with Crippen molar-refractivity contribution in [2.75, 3.05) is 14.2 Å². The third-order valence-electron chi connectivity index (χ3n) is 13.2. The van der Waals surface area contributed by atoms with Crippen molar-refractivity contribution in [1.29, 1.82) is 0 Å². The largest absolute Gasteiger partial charge is 1.00 e. The van der Waals surface area contributed by atoms with E-state index in [-0.39, 0.29) is 62.0 Å². The predicted molar refractivity (Wildman–Crippen MR) is 288 cm³/mol. The first-order valence-electron chi connectivity index (χ1n) is 25.9. The van der Waals surface area contributed by atoms with Gasteiger partial charge in [-0.3, -0.25) is 9.59 Å². The number of esters is 2. The molecule has 37 heteroatoms. The predicted octanol–water partition coefficient (Wildman–Crippen LogP) is 3.44. The van der Waals surface area contributed by atoms with Crippen molar-refractivity contribution < 1.29 is 107 Å². The molecular weight excluding hydrogens is 1140 g/mol. The van der Waals surface area contributed by atoms with Crippen molar-refractivity contribution in [1.82, 2.24) is 10.6 Å². The summed E-state index contributed by atoms with van der Waals surface area (Å²) < 4.78 is 45.6. The maximum Gasteiger partial charge on any atom is 1.00 e. The molecule has 18 atom stereocenters. The molecule has 2 aromatic rings. The molecule has 2 aliphatic carbocycles. The number of aliphatic hydroxyl groups excluding tert-OH is 3. The van der Waals surface area contributed by atoms with Gasteiger partial charge in [-0.1, -0.05) is 91.3 Å². The Bertz CT molecular complexity index is 2720. The summed E-state index contributed by atoms with van der Waals surface area (Å²) in [6.07, 6.45) is -12.0. The Balaban J connectivity index is 0.000000547. The molecule has 5 N–H and O–H groups in total. The Morgan fingerprint density at radius 2 is 0.882 bits per heavy atom. The van der Waals surface area contributed by atoms with Crippen LogP contribution >= 0.6 is 0 Å². The van der Waals surface area contributed by atoms with Crippen LogP contribution in [0.1, 0.15) is 77.3 Å². The van der Waals surface area contributed by atoms with Gasteiger partial charge >= 0.3 is 53.7 Å². The monoisotopic (exact) mass is 1200 g/mol. The Kier molecular flexibility index (Phi) is 34.5. The van der Waals surface area contributed by atoms with Crippen LogP contribution in [0.2, 0.25) is 0 Å². The van der Waals surface area contributed by atoms with Gasteiger partial charge in [-0.25, -0.2) is 9.59 Å². The van der Waals surface area contributed by atoms with E-state index in [0.29, 0.717) is 19.3 Å². The van der Waals surface area contributed by atoms with Gasteiger partial charge < -0.3 is 69.0 Å². The average Bonchev–Trinajstić information content (AvgIpc) is 3.44. The van der Waals surface area contributed by atoms with Gasteiger partial charge in [0.15, 0.2) is 18.7 Å². The molecule has 2 saturated carbocycles. The molecule has 6 rings (SSSR count). The van der Waals surface area contributed by atoms with E-state index in [1.165, 1.54) is 0 Å². The van der Waals surface area contributed by atoms with Gasteiger partial charge in [-0.15, -0.1) is 0 Å². The van der Waals surface area contributed by atoms with Gasteiger partial charge in [0.05, 0.1) is 72.8 Å². The van der Waals surface area contributed by atoms with E-state index in [0.717, 1.165) is 39.2 Å². The van der Waals surface area contributed by atoms with Gasteiger partial charge in [-0.05, 0) is 96.7 Å². The van der Waals surface area contributed by atoms with E-state index in [1.807, 2.05) is 60.7 Å². The van der Waals surface area contributed by atoms with Gasteiger partial charge in [0, 0.05) is 50.4 Å². The van der Waals surface area contributed by atoms with Crippen LogP contribution in [0.3, 0.4) is 0 Å². The van der Waals surface area contributed by atoms with Crippen LogP contribution in [0.25, 0.3) is 62.7 Å². The van der Waals surface area contributed by atoms with Crippen molar-refractivity contribution in [3.8, 4) is 0 Å². The van der Waals surface area contributed by atoms with Crippen molar-refractivity contribution in [2.24, 2.45) is 30.7 Å². The molecule has 36 nitrogen and oxygen atoms in total. The zero-order chi connectivity index (χ0) is 62.1. The number of carbonyl (C=O) groups excluding carboxylic acids is 4. The first kappa shape index (κ1) is 73.6. The standard InChI is InChI=1S/C25H32N10O8.C21H28N10O6.CH4O.CH3O.Na/c1-13(29-25(38)39-12-16-7-5-4-6-8-16)20-10-9-17(30-33-26)24(42-20)43-22-19(32-35-28)11-18(31-34-27)21(40-14(2)36)23(22)41-15(3)37;1-11(25-21(34)35-10-12-5-3-2-4-6-12)16-8-7-13(26-29-22)20(36-16)37-19-15(28-31-24)9-14(27-30-23)17(32)18(19)33;2*1-2;/h4-8,13,17-24H,9-12H2,1-3H3,(H,29,38);2-6,11,13-20,32-33H,7-10H2,1H3,(H,25,34);2H,1H3;1H3;/q;;;-1;+1/t13-,17+,18-,19+,20+,21+,22-,23-,24-;11-,13+,14-,15+,16+,17+,18-,19-,20-;;;/m11.../s1. The SMILES string of the molecule is CC(=O)O[C@@H]1[C@@H](OC(C)=O)[C@H](N=[N+]=[N-])C[C@H](N=[N+]=[N-])[C@H]1O[C@H]1O[C@H]([C@@H](C)NC(=O)OCc2ccccc2)CC[C@@H]1N=[N+]=[N-].CO.C[C@@H](NC(=O)OCc1ccccc1)[C@@H]1CC[C@H](N=[N+]=[N-])[C@@H](O[C@H]2[C@H](O)[C@@H](O)[C@H](N=[N+]=[N-])C[C@@H]2N=[N+]=[N-])O1.C[O-].[Na+]. The summed E-state index contributed by atoms with van der Waals surface area (Å²) in [6, 6.07) is 11.4. The molecule has 2 amide bonds. The minimum Gasteiger partial charge on any atom is -0.857 e. The van der Waals surface area contributed by atoms with Gasteiger partial charge in [0.25, 0.3) is 0 Å². The number of benzene rings is 2. The fourth-order valence-corrected chi connectivity index (χ4v) is 9.37. The summed E-state index contributed by atoms with van der Waals surface area (Å²) in [7, 11) is 1.75. The van der Waals surface area contributed by atoms with E-state index >= 15 is 0 Å². The van der Waals surface area contributed by atoms with Crippen LogP contribution in [0.5, 0.6) is 0 Å². The molecule has 456 valence electrons. The number of rotatable bonds is 20. The molecule has 4 aliphatic rings. The van der Waals surface area contributed by atoms with Crippen molar-refractivity contribution >= 4 is 24.1 Å². The second kappa shape index (κ2) is 39.9. The summed E-state index contributed by atoms with van der Waals surface area (Å²) >= 11 is 0. The third-order valence-corrected chi connectivity index (χ3v) is 13.2. The summed E-state index contributed by atoms with van der Waals surface area (Å²) in [6.45, 7) is 5.81. The fourth-order valence-electron chi connectivity index (χ4n) is 9.37. The molecule has 2 aliphatic heterocycles. The third kappa shape index (κ3) is 23.4. The number of alkyl carbamates (subject to hydrolysis) is 2. The molecule has 0 aromatic heterocycles. The number of amides is 2. The Morgan fingerprint density at radius 1 is 0.541 bits per heavy atom. The van der Waals surface area contributed by atoms with Gasteiger partial charge in [-0.2, -0.15) is 7.11 Å². The van der Waals surface area contributed by atoms with Crippen LogP contribution in [0.15, 0.2) is 91.3 Å². The van der Waals surface area contributed by atoms with Crippen LogP contribution in [-0.2, 0) is 60.7 Å². The van der Waals surface area contributed by atoms with Crippen LogP contribution in [0.4, 0.5) is 9.59 Å². The molecule has 4 fully saturated rings. The molecule has 85 heavy (non-hydrogen) atoms. The summed E-state index contributed by atoms with van der Waals surface area (Å²) in [5.41, 5.74) is 55.8. The number of carbonyl (C=O) groups is 4. The molecule has 2 saturated heterocycles. The number of ether oxygens (including phenoxy) is 8. The molecule has 2 aromatic carbocycles. The second-order valence-corrected chi connectivity index (χ2v) is 18.7. The first-order chi connectivity index (χ1) is 40.5. The maximum atomic E-state index is 12.4. The van der Waals surface area contributed by atoms with Crippen molar-refractivity contribution in [2.45, 2.75) is 189 Å². The van der Waals surface area contributed by atoms with E-state index in [2.05, 4.69) is 70.8 Å². The zero-order valence-corrected chi connectivity index (χ0v) is 49.5. The van der Waals surface area contributed by atoms with Crippen molar-refractivity contribution in [3.63, 3.8) is 0 Å². The number of azide groups is 6. The van der Waals surface area contributed by atoms with Crippen LogP contribution in [0, 0.1) is 0 Å². The number of aliphatic hydroxyl groups is 3. The van der Waals surface area contributed by atoms with Crippen molar-refractivity contribution in [3.05, 3.63) is 134 Å². The molecular formula is C48H67N20NaO16. The average molecular weight is 1200 g/mol. The van der Waals surface area contributed by atoms with E-state index < -0.39 is 134 Å². The number of nitrogens with one attached hydrogen (secondary N) is 2. The quantitative estimate of drug-likeness (QED) is 0.0316. The minimum absolute atomic E-state index is 0. The topological polar surface area (TPSA) is 542 Å². The normalized spacial score (nSPS) is 28.6. The molecule has 0 spiro atoms. The fraction of sp³-hybridized carbons (Fsp3) is 0.667. The Labute approximate surface area is 508 Å². The van der Waals surface area contributed by atoms with E-state index in [9.17, 15) is 34.9 Å². The molecule has 0 bridgehead atoms. The Morgan fingerprint density at radius 3 is 1.28 bits per heavy atom. The number of hydrogen-bond acceptors (Lipinski definition) is 22. The van der Waals surface area contributed by atoms with Gasteiger partial charge in [0.2, 0.25) is 0 Å². The van der Waals surface area contributed by atoms with E-state index in [1.54, 1.807) is 13.8 Å². The maximum absolute atomic E-state index is 12.4. The molecule has 0 radical (unpaired) electrons. The van der Waals surface area contributed by atoms with Crippen LogP contribution < -0.4 is 45.3 Å². The molecule has 2 heterocycles. The summed E-state index contributed by atoms with van der Waals surface area (Å²) in [4.78, 5) is 65.5. The number of nitrogens with zero attached hydrogens (tertiary/aromatic N) is 18. The Hall–Kier alpha value is -7.54. The van der Waals surface area contributed by atoms with E-state index in [4.69, 9.17) is 75.8 Å². The van der Waals surface area contributed by atoms with Gasteiger partial charge in [0.1, 0.15) is 31.5 Å². The number of hydrogen-bond donors (Lipinski definition) is 5. The van der Waals surface area contributed by atoms with Crippen LogP contribution in [-0.4, -0.2) is 163 Å². The zero-order valence-electron chi connectivity index (χ0n) is 47.5. The molecule has 0 unspecified atom stereocenters. The second-order valence-electron chi connectivity index (χ2n) is 18.7. The smallest absolute Gasteiger partial charge is 0.857 e. The summed E-state index contributed by atoms with van der Waals surface area (Å²) in [5, 5.41) is 63.7. The minimum atomic E-state index is -1.58. The first-order valence-corrected chi connectivity index (χ1v) is 25.9. The summed E-state index contributed by atoms with van der Waals surface area (Å²) in [5.74, 6) is -1.53.